The number of fused-ring (bicyclic) bond motifs is 1. The van der Waals surface area contributed by atoms with E-state index in [9.17, 15) is 8.78 Å². The largest absolute Gasteiger partial charge is 0.369 e. The predicted octanol–water partition coefficient (Wildman–Crippen LogP) is 3.19. The Kier molecular flexibility index (Phi) is 2.48. The summed E-state index contributed by atoms with van der Waals surface area (Å²) in [4.78, 5) is 4.17. The van der Waals surface area contributed by atoms with Gasteiger partial charge in [-0.15, -0.1) is 0 Å². The van der Waals surface area contributed by atoms with E-state index in [0.717, 1.165) is 23.8 Å². The van der Waals surface area contributed by atoms with Crippen molar-refractivity contribution >= 4 is 17.0 Å². The maximum Gasteiger partial charge on any atom is 0.206 e. The number of nitrogen functional groups attached to an aromatic ring is 1. The number of benzene rings is 2. The third kappa shape index (κ3) is 1.74. The molecule has 96 valence electrons. The molecule has 0 radical (unpaired) electrons. The molecule has 0 spiro atoms. The van der Waals surface area contributed by atoms with Crippen molar-refractivity contribution in [2.75, 3.05) is 5.73 Å². The van der Waals surface area contributed by atoms with E-state index in [4.69, 9.17) is 5.73 Å². The maximum atomic E-state index is 13.9. The molecule has 3 nitrogen and oxygen atoms in total. The summed E-state index contributed by atoms with van der Waals surface area (Å²) in [5.41, 5.74) is 8.13. The standard InChI is InChI=1S/C14H11F2N3/c1-8-3-2-4-11-13(8)19(14(17)18-11)12-7-9(15)5-6-10(12)16/h2-7H,1H3,(H2,17,18). The van der Waals surface area contributed by atoms with Gasteiger partial charge >= 0.3 is 0 Å². The molecule has 0 amide bonds. The van der Waals surface area contributed by atoms with Crippen LogP contribution in [-0.2, 0) is 0 Å². The van der Waals surface area contributed by atoms with E-state index in [-0.39, 0.29) is 11.6 Å². The monoisotopic (exact) mass is 259 g/mol. The van der Waals surface area contributed by atoms with Crippen LogP contribution in [0.25, 0.3) is 16.7 Å². The van der Waals surface area contributed by atoms with Crippen LogP contribution < -0.4 is 5.73 Å². The topological polar surface area (TPSA) is 43.8 Å². The van der Waals surface area contributed by atoms with Crippen molar-refractivity contribution in [1.82, 2.24) is 9.55 Å². The number of para-hydroxylation sites is 1. The molecule has 0 aliphatic carbocycles. The number of rotatable bonds is 1. The van der Waals surface area contributed by atoms with E-state index in [1.165, 1.54) is 4.57 Å². The van der Waals surface area contributed by atoms with Crippen LogP contribution in [0.15, 0.2) is 36.4 Å². The van der Waals surface area contributed by atoms with Gasteiger partial charge in [-0.25, -0.2) is 13.8 Å². The third-order valence-corrected chi connectivity index (χ3v) is 3.05. The highest BCUT2D eigenvalue weighted by Gasteiger charge is 2.15. The molecule has 0 fully saturated rings. The lowest BCUT2D eigenvalue weighted by molar-refractivity contribution is 0.594. The molecule has 0 saturated carbocycles. The predicted molar refractivity (Wildman–Crippen MR) is 70.1 cm³/mol. The molecule has 0 atom stereocenters. The normalized spacial score (nSPS) is 11.1. The molecule has 0 unspecified atom stereocenters. The minimum Gasteiger partial charge on any atom is -0.369 e. The second-order valence-corrected chi connectivity index (χ2v) is 4.34. The Bertz CT molecular complexity index is 778. The van der Waals surface area contributed by atoms with Crippen molar-refractivity contribution in [3.8, 4) is 5.69 Å². The smallest absolute Gasteiger partial charge is 0.206 e. The highest BCUT2D eigenvalue weighted by molar-refractivity contribution is 5.83. The molecule has 0 bridgehead atoms. The number of aryl methyl sites for hydroxylation is 1. The van der Waals surface area contributed by atoms with Crippen LogP contribution in [0.1, 0.15) is 5.56 Å². The number of aromatic nitrogens is 2. The van der Waals surface area contributed by atoms with Gasteiger partial charge in [0.25, 0.3) is 0 Å². The van der Waals surface area contributed by atoms with Crippen molar-refractivity contribution < 1.29 is 8.78 Å². The van der Waals surface area contributed by atoms with Crippen LogP contribution in [0.5, 0.6) is 0 Å². The van der Waals surface area contributed by atoms with Gasteiger partial charge in [0.05, 0.1) is 16.7 Å². The van der Waals surface area contributed by atoms with Gasteiger partial charge in [0.1, 0.15) is 11.6 Å². The van der Waals surface area contributed by atoms with Crippen molar-refractivity contribution in [1.29, 1.82) is 0 Å². The van der Waals surface area contributed by atoms with E-state index < -0.39 is 11.6 Å². The number of hydrogen-bond acceptors (Lipinski definition) is 2. The highest BCUT2D eigenvalue weighted by Crippen LogP contribution is 2.27. The summed E-state index contributed by atoms with van der Waals surface area (Å²) in [6.07, 6.45) is 0. The van der Waals surface area contributed by atoms with Crippen LogP contribution in [0.3, 0.4) is 0 Å². The van der Waals surface area contributed by atoms with Gasteiger partial charge in [-0.2, -0.15) is 0 Å². The average molecular weight is 259 g/mol. The number of nitrogens with zero attached hydrogens (tertiary/aromatic N) is 2. The first kappa shape index (κ1) is 11.6. The summed E-state index contributed by atoms with van der Waals surface area (Å²) in [7, 11) is 0. The van der Waals surface area contributed by atoms with Crippen LogP contribution in [0, 0.1) is 18.6 Å². The van der Waals surface area contributed by atoms with Crippen molar-refractivity contribution in [2.45, 2.75) is 6.92 Å². The second-order valence-electron chi connectivity index (χ2n) is 4.34. The van der Waals surface area contributed by atoms with E-state index in [0.29, 0.717) is 11.0 Å². The molecule has 0 saturated heterocycles. The summed E-state index contributed by atoms with van der Waals surface area (Å²) >= 11 is 0. The quantitative estimate of drug-likeness (QED) is 0.729. The number of nitrogens with two attached hydrogens (primary N) is 1. The summed E-state index contributed by atoms with van der Waals surface area (Å²) in [6, 6.07) is 8.76. The molecule has 2 N–H and O–H groups in total. The number of imidazole rings is 1. The molecule has 19 heavy (non-hydrogen) atoms. The fourth-order valence-corrected chi connectivity index (χ4v) is 2.21. The summed E-state index contributed by atoms with van der Waals surface area (Å²) in [5.74, 6) is -0.935. The van der Waals surface area contributed by atoms with Crippen LogP contribution in [-0.4, -0.2) is 9.55 Å². The number of anilines is 1. The minimum atomic E-state index is -0.546. The van der Waals surface area contributed by atoms with Crippen LogP contribution in [0.4, 0.5) is 14.7 Å². The third-order valence-electron chi connectivity index (χ3n) is 3.05. The van der Waals surface area contributed by atoms with Crippen molar-refractivity contribution in [2.24, 2.45) is 0 Å². The van der Waals surface area contributed by atoms with Gasteiger partial charge < -0.3 is 5.73 Å². The first-order chi connectivity index (χ1) is 9.08. The molecule has 3 rings (SSSR count). The lowest BCUT2D eigenvalue weighted by Crippen LogP contribution is -2.04. The van der Waals surface area contributed by atoms with Gasteiger partial charge in [-0.3, -0.25) is 4.57 Å². The zero-order valence-electron chi connectivity index (χ0n) is 10.2. The molecule has 1 heterocycles. The molecule has 0 aliphatic rings. The Balaban J connectivity index is 2.42. The zero-order chi connectivity index (χ0) is 13.6. The van der Waals surface area contributed by atoms with Crippen molar-refractivity contribution in [3.05, 3.63) is 53.6 Å². The van der Waals surface area contributed by atoms with E-state index >= 15 is 0 Å². The van der Waals surface area contributed by atoms with Crippen LogP contribution in [0.2, 0.25) is 0 Å². The molecular formula is C14H11F2N3. The molecule has 5 heteroatoms. The Morgan fingerprint density at radius 3 is 2.74 bits per heavy atom. The maximum absolute atomic E-state index is 13.9. The Morgan fingerprint density at radius 2 is 1.95 bits per heavy atom. The first-order valence-corrected chi connectivity index (χ1v) is 5.77. The molecule has 1 aromatic heterocycles. The Morgan fingerprint density at radius 1 is 1.16 bits per heavy atom. The van der Waals surface area contributed by atoms with Crippen molar-refractivity contribution in [3.63, 3.8) is 0 Å². The Hall–Kier alpha value is -2.43. The van der Waals surface area contributed by atoms with E-state index in [1.807, 2.05) is 19.1 Å². The Labute approximate surface area is 108 Å². The summed E-state index contributed by atoms with van der Waals surface area (Å²) in [6.45, 7) is 1.87. The van der Waals surface area contributed by atoms with E-state index in [1.54, 1.807) is 6.07 Å². The van der Waals surface area contributed by atoms with Gasteiger partial charge in [-0.1, -0.05) is 12.1 Å². The van der Waals surface area contributed by atoms with Gasteiger partial charge in [0.2, 0.25) is 5.95 Å². The summed E-state index contributed by atoms with van der Waals surface area (Å²) in [5, 5.41) is 0. The molecule has 2 aromatic carbocycles. The minimum absolute atomic E-state index is 0.0642. The first-order valence-electron chi connectivity index (χ1n) is 5.77. The van der Waals surface area contributed by atoms with Gasteiger partial charge in [0.15, 0.2) is 0 Å². The highest BCUT2D eigenvalue weighted by atomic mass is 19.1. The second kappa shape index (κ2) is 4.05. The average Bonchev–Trinajstić information content (AvgIpc) is 2.70. The fourth-order valence-electron chi connectivity index (χ4n) is 2.21. The van der Waals surface area contributed by atoms with Crippen LogP contribution >= 0.6 is 0 Å². The summed E-state index contributed by atoms with van der Waals surface area (Å²) < 4.78 is 28.7. The molecule has 3 aromatic rings. The van der Waals surface area contributed by atoms with Gasteiger partial charge in [-0.05, 0) is 30.7 Å². The van der Waals surface area contributed by atoms with Gasteiger partial charge in [0, 0.05) is 6.07 Å². The van der Waals surface area contributed by atoms with E-state index in [2.05, 4.69) is 4.98 Å². The molecular weight excluding hydrogens is 248 g/mol. The number of hydrogen-bond donors (Lipinski definition) is 1. The lowest BCUT2D eigenvalue weighted by Gasteiger charge is -2.09. The SMILES string of the molecule is Cc1cccc2nc(N)n(-c3cc(F)ccc3F)c12. The molecule has 0 aliphatic heterocycles. The fraction of sp³-hybridized carbons (Fsp3) is 0.0714. The zero-order valence-corrected chi connectivity index (χ0v) is 10.2. The number of halogens is 2. The lowest BCUT2D eigenvalue weighted by atomic mass is 10.2.